The average Bonchev–Trinajstić information content (AvgIpc) is 3.04. The van der Waals surface area contributed by atoms with Crippen LogP contribution in [-0.2, 0) is 6.54 Å². The van der Waals surface area contributed by atoms with Gasteiger partial charge in [-0.2, -0.15) is 8.78 Å². The summed E-state index contributed by atoms with van der Waals surface area (Å²) in [7, 11) is 0. The van der Waals surface area contributed by atoms with Crippen molar-refractivity contribution in [2.45, 2.75) is 19.3 Å². The molecule has 7 heteroatoms. The zero-order valence-electron chi connectivity index (χ0n) is 12.6. The first-order chi connectivity index (χ1) is 11.6. The van der Waals surface area contributed by atoms with E-state index in [2.05, 4.69) is 14.7 Å². The van der Waals surface area contributed by atoms with Crippen LogP contribution >= 0.6 is 0 Å². The number of alkyl halides is 2. The molecule has 0 amide bonds. The van der Waals surface area contributed by atoms with Crippen LogP contribution in [0.25, 0.3) is 11.4 Å². The van der Waals surface area contributed by atoms with Crippen molar-refractivity contribution < 1.29 is 18.6 Å². The Hall–Kier alpha value is -2.80. The third kappa shape index (κ3) is 3.75. The Morgan fingerprint density at radius 1 is 1.04 bits per heavy atom. The van der Waals surface area contributed by atoms with Gasteiger partial charge in [0.2, 0.25) is 0 Å². The van der Waals surface area contributed by atoms with Crippen molar-refractivity contribution in [3.8, 4) is 17.1 Å². The highest BCUT2D eigenvalue weighted by Gasteiger charge is 2.13. The van der Waals surface area contributed by atoms with Gasteiger partial charge in [0, 0.05) is 30.4 Å². The minimum atomic E-state index is -2.87. The number of hydrogen-bond donors (Lipinski definition) is 1. The first-order valence-electron chi connectivity index (χ1n) is 7.28. The molecule has 24 heavy (non-hydrogen) atoms. The maximum absolute atomic E-state index is 12.2. The zero-order chi connectivity index (χ0) is 16.9. The van der Waals surface area contributed by atoms with E-state index < -0.39 is 12.7 Å². The van der Waals surface area contributed by atoms with Gasteiger partial charge in [0.1, 0.15) is 11.6 Å². The number of pyridine rings is 1. The number of nitrogens with zero attached hydrogens (tertiary/aromatic N) is 3. The maximum atomic E-state index is 12.2. The molecule has 0 saturated carbocycles. The van der Waals surface area contributed by atoms with Crippen molar-refractivity contribution in [1.82, 2.24) is 14.5 Å². The number of benzene rings is 1. The molecule has 1 aromatic carbocycles. The Morgan fingerprint density at radius 2 is 1.75 bits per heavy atom. The Bertz CT molecular complexity index is 776. The number of rotatable bonds is 6. The van der Waals surface area contributed by atoms with E-state index in [0.29, 0.717) is 11.4 Å². The van der Waals surface area contributed by atoms with Gasteiger partial charge in [-0.1, -0.05) is 12.1 Å². The van der Waals surface area contributed by atoms with E-state index in [1.165, 1.54) is 12.1 Å². The highest BCUT2D eigenvalue weighted by Crippen LogP contribution is 2.23. The average molecular weight is 331 g/mol. The Kier molecular flexibility index (Phi) is 4.81. The predicted molar refractivity (Wildman–Crippen MR) is 83.5 cm³/mol. The summed E-state index contributed by atoms with van der Waals surface area (Å²) < 4.78 is 30.4. The van der Waals surface area contributed by atoms with Gasteiger partial charge in [-0.3, -0.25) is 4.98 Å². The van der Waals surface area contributed by atoms with Gasteiger partial charge >= 0.3 is 6.61 Å². The summed E-state index contributed by atoms with van der Waals surface area (Å²) in [5.74, 6) is 0.773. The molecule has 0 unspecified atom stereocenters. The molecule has 0 saturated heterocycles. The standard InChI is InChI=1S/C17H15F2N3O2/c18-17(19)24-14-3-1-12(2-4-14)15(23)11-22-10-9-21-16(22)13-5-7-20-8-6-13/h1-10,15,17,23H,11H2/t15-/m1/s1. The summed E-state index contributed by atoms with van der Waals surface area (Å²) in [4.78, 5) is 8.27. The van der Waals surface area contributed by atoms with E-state index in [0.717, 1.165) is 5.56 Å². The van der Waals surface area contributed by atoms with E-state index >= 15 is 0 Å². The smallest absolute Gasteiger partial charge is 0.387 e. The summed E-state index contributed by atoms with van der Waals surface area (Å²) in [5.41, 5.74) is 1.49. The Balaban J connectivity index is 1.74. The third-order valence-corrected chi connectivity index (χ3v) is 3.51. The molecule has 1 N–H and O–H groups in total. The number of aliphatic hydroxyl groups excluding tert-OH is 1. The number of hydrogen-bond acceptors (Lipinski definition) is 4. The molecule has 0 aliphatic rings. The molecule has 0 aliphatic heterocycles. The van der Waals surface area contributed by atoms with Crippen LogP contribution in [0.1, 0.15) is 11.7 Å². The van der Waals surface area contributed by atoms with Gasteiger partial charge in [0.05, 0.1) is 12.6 Å². The fraction of sp³-hybridized carbons (Fsp3) is 0.176. The third-order valence-electron chi connectivity index (χ3n) is 3.51. The second-order valence-electron chi connectivity index (χ2n) is 5.10. The second kappa shape index (κ2) is 7.18. The van der Waals surface area contributed by atoms with E-state index in [1.54, 1.807) is 36.9 Å². The number of imidazole rings is 1. The Labute approximate surface area is 137 Å². The van der Waals surface area contributed by atoms with Crippen LogP contribution in [0.2, 0.25) is 0 Å². The first kappa shape index (κ1) is 16.1. The normalized spacial score (nSPS) is 12.3. The summed E-state index contributed by atoms with van der Waals surface area (Å²) >= 11 is 0. The van der Waals surface area contributed by atoms with Crippen molar-refractivity contribution in [2.75, 3.05) is 0 Å². The van der Waals surface area contributed by atoms with Gasteiger partial charge in [-0.25, -0.2) is 4.98 Å². The minimum Gasteiger partial charge on any atom is -0.435 e. The lowest BCUT2D eigenvalue weighted by Gasteiger charge is -2.15. The molecule has 2 aromatic heterocycles. The van der Waals surface area contributed by atoms with Crippen molar-refractivity contribution >= 4 is 0 Å². The molecule has 5 nitrogen and oxygen atoms in total. The van der Waals surface area contributed by atoms with E-state index in [9.17, 15) is 13.9 Å². The lowest BCUT2D eigenvalue weighted by atomic mass is 10.1. The SMILES string of the molecule is O[C@H](Cn1ccnc1-c1ccncc1)c1ccc(OC(F)F)cc1. The molecule has 3 rings (SSSR count). The van der Waals surface area contributed by atoms with Gasteiger partial charge in [0.15, 0.2) is 0 Å². The van der Waals surface area contributed by atoms with Gasteiger partial charge in [-0.05, 0) is 29.8 Å². The van der Waals surface area contributed by atoms with Gasteiger partial charge < -0.3 is 14.4 Å². The Morgan fingerprint density at radius 3 is 2.42 bits per heavy atom. The van der Waals surface area contributed by atoms with Crippen molar-refractivity contribution in [2.24, 2.45) is 0 Å². The van der Waals surface area contributed by atoms with Crippen LogP contribution < -0.4 is 4.74 Å². The van der Waals surface area contributed by atoms with Crippen LogP contribution in [0.3, 0.4) is 0 Å². The summed E-state index contributed by atoms with van der Waals surface area (Å²) in [6, 6.07) is 9.60. The van der Waals surface area contributed by atoms with E-state index in [-0.39, 0.29) is 12.3 Å². The fourth-order valence-corrected chi connectivity index (χ4v) is 2.38. The maximum Gasteiger partial charge on any atom is 0.387 e. The number of aliphatic hydroxyl groups is 1. The fourth-order valence-electron chi connectivity index (χ4n) is 2.38. The molecule has 0 fully saturated rings. The van der Waals surface area contributed by atoms with Crippen LogP contribution in [-0.4, -0.2) is 26.3 Å². The topological polar surface area (TPSA) is 60.2 Å². The molecular weight excluding hydrogens is 316 g/mol. The highest BCUT2D eigenvalue weighted by atomic mass is 19.3. The summed E-state index contributed by atoms with van der Waals surface area (Å²) in [5, 5.41) is 10.4. The molecule has 2 heterocycles. The molecule has 0 bridgehead atoms. The molecule has 0 spiro atoms. The largest absolute Gasteiger partial charge is 0.435 e. The molecule has 3 aromatic rings. The van der Waals surface area contributed by atoms with Crippen LogP contribution in [0.15, 0.2) is 61.2 Å². The second-order valence-corrected chi connectivity index (χ2v) is 5.10. The molecule has 124 valence electrons. The van der Waals surface area contributed by atoms with Crippen LogP contribution in [0.4, 0.5) is 8.78 Å². The molecule has 0 aliphatic carbocycles. The molecule has 0 radical (unpaired) electrons. The van der Waals surface area contributed by atoms with Crippen LogP contribution in [0.5, 0.6) is 5.75 Å². The molecule has 1 atom stereocenters. The lowest BCUT2D eigenvalue weighted by molar-refractivity contribution is -0.0498. The number of aromatic nitrogens is 3. The van der Waals surface area contributed by atoms with Crippen LogP contribution in [0, 0.1) is 0 Å². The highest BCUT2D eigenvalue weighted by molar-refractivity contribution is 5.54. The van der Waals surface area contributed by atoms with Gasteiger partial charge in [0.25, 0.3) is 0 Å². The minimum absolute atomic E-state index is 0.0565. The number of halogens is 2. The van der Waals surface area contributed by atoms with Crippen molar-refractivity contribution in [1.29, 1.82) is 0 Å². The lowest BCUT2D eigenvalue weighted by Crippen LogP contribution is -2.09. The first-order valence-corrected chi connectivity index (χ1v) is 7.28. The number of ether oxygens (including phenoxy) is 1. The van der Waals surface area contributed by atoms with Crippen molar-refractivity contribution in [3.63, 3.8) is 0 Å². The van der Waals surface area contributed by atoms with E-state index in [1.807, 2.05) is 16.7 Å². The molecular formula is C17H15F2N3O2. The zero-order valence-corrected chi connectivity index (χ0v) is 12.6. The predicted octanol–water partition coefficient (Wildman–Crippen LogP) is 3.28. The van der Waals surface area contributed by atoms with Crippen molar-refractivity contribution in [3.05, 3.63) is 66.7 Å². The summed E-state index contributed by atoms with van der Waals surface area (Å²) in [6.45, 7) is -2.58. The van der Waals surface area contributed by atoms with E-state index in [4.69, 9.17) is 0 Å². The summed E-state index contributed by atoms with van der Waals surface area (Å²) in [6.07, 6.45) is 5.97. The van der Waals surface area contributed by atoms with Gasteiger partial charge in [-0.15, -0.1) is 0 Å². The monoisotopic (exact) mass is 331 g/mol. The quantitative estimate of drug-likeness (QED) is 0.753.